The lowest BCUT2D eigenvalue weighted by atomic mass is 10.4. The van der Waals surface area contributed by atoms with Crippen molar-refractivity contribution in [1.29, 1.82) is 0 Å². The van der Waals surface area contributed by atoms with Gasteiger partial charge in [-0.2, -0.15) is 5.10 Å². The Morgan fingerprint density at radius 2 is 2.31 bits per heavy atom. The number of aromatic nitrogens is 3. The topological polar surface area (TPSA) is 39.9 Å². The Morgan fingerprint density at radius 3 is 3.00 bits per heavy atom. The van der Waals surface area contributed by atoms with E-state index >= 15 is 0 Å². The molecule has 0 saturated carbocycles. The van der Waals surface area contributed by atoms with Crippen LogP contribution in [0.3, 0.4) is 0 Å². The average molecular weight is 198 g/mol. The van der Waals surface area contributed by atoms with Gasteiger partial charge in [0.25, 0.3) is 0 Å². The van der Waals surface area contributed by atoms with E-state index in [4.69, 9.17) is 16.3 Å². The number of pyridine rings is 1. The maximum Gasteiger partial charge on any atom is 0.171 e. The minimum atomic E-state index is 0.364. The van der Waals surface area contributed by atoms with Crippen molar-refractivity contribution in [3.8, 4) is 5.75 Å². The molecule has 13 heavy (non-hydrogen) atoms. The average Bonchev–Trinajstić information content (AvgIpc) is 2.46. The lowest BCUT2D eigenvalue weighted by molar-refractivity contribution is 0.414. The summed E-state index contributed by atoms with van der Waals surface area (Å²) in [6, 6.07) is 1.82. The van der Waals surface area contributed by atoms with Gasteiger partial charge in [-0.15, -0.1) is 0 Å². The molecule has 2 heterocycles. The summed E-state index contributed by atoms with van der Waals surface area (Å²) in [5, 5.41) is 4.42. The van der Waals surface area contributed by atoms with Crippen LogP contribution in [0.1, 0.15) is 0 Å². The number of ether oxygens (including phenoxy) is 1. The van der Waals surface area contributed by atoms with E-state index in [1.807, 2.05) is 13.1 Å². The summed E-state index contributed by atoms with van der Waals surface area (Å²) in [6.45, 7) is 0. The normalized spacial score (nSPS) is 10.7. The van der Waals surface area contributed by atoms with E-state index in [-0.39, 0.29) is 0 Å². The Labute approximate surface area is 80.1 Å². The van der Waals surface area contributed by atoms with Crippen LogP contribution < -0.4 is 4.74 Å². The highest BCUT2D eigenvalue weighted by Crippen LogP contribution is 2.25. The molecule has 68 valence electrons. The first-order valence-electron chi connectivity index (χ1n) is 3.74. The summed E-state index contributed by atoms with van der Waals surface area (Å²) in [5.74, 6) is 0.567. The van der Waals surface area contributed by atoms with Crippen LogP contribution in [0.4, 0.5) is 0 Å². The third-order valence-electron chi connectivity index (χ3n) is 1.87. The molecule has 0 amide bonds. The van der Waals surface area contributed by atoms with Crippen LogP contribution in [-0.2, 0) is 7.05 Å². The fraction of sp³-hybridized carbons (Fsp3) is 0.250. The number of hydrogen-bond acceptors (Lipinski definition) is 3. The van der Waals surface area contributed by atoms with Crippen molar-refractivity contribution in [3.05, 3.63) is 17.4 Å². The lowest BCUT2D eigenvalue weighted by Crippen LogP contribution is -1.91. The highest BCUT2D eigenvalue weighted by molar-refractivity contribution is 6.31. The van der Waals surface area contributed by atoms with Gasteiger partial charge in [0.2, 0.25) is 0 Å². The third-order valence-corrected chi connectivity index (χ3v) is 2.14. The van der Waals surface area contributed by atoms with Gasteiger partial charge in [-0.1, -0.05) is 11.6 Å². The molecule has 0 saturated heterocycles. The van der Waals surface area contributed by atoms with Crippen molar-refractivity contribution < 1.29 is 4.74 Å². The predicted octanol–water partition coefficient (Wildman–Crippen LogP) is 1.63. The smallest absolute Gasteiger partial charge is 0.171 e. The van der Waals surface area contributed by atoms with E-state index in [9.17, 15) is 0 Å². The molecule has 2 aromatic rings. The minimum absolute atomic E-state index is 0.364. The zero-order valence-corrected chi connectivity index (χ0v) is 8.04. The molecule has 2 aromatic heterocycles. The van der Waals surface area contributed by atoms with Crippen molar-refractivity contribution in [2.75, 3.05) is 7.11 Å². The molecule has 0 fully saturated rings. The molecule has 0 radical (unpaired) electrons. The van der Waals surface area contributed by atoms with Crippen LogP contribution >= 0.6 is 11.6 Å². The number of halogens is 1. The number of hydrogen-bond donors (Lipinski definition) is 0. The summed E-state index contributed by atoms with van der Waals surface area (Å²) in [7, 11) is 3.41. The second kappa shape index (κ2) is 2.88. The van der Waals surface area contributed by atoms with Crippen LogP contribution in [0.2, 0.25) is 5.15 Å². The molecular weight excluding hydrogens is 190 g/mol. The van der Waals surface area contributed by atoms with Crippen molar-refractivity contribution in [1.82, 2.24) is 14.8 Å². The fourth-order valence-electron chi connectivity index (χ4n) is 1.18. The number of fused-ring (bicyclic) bond motifs is 1. The first kappa shape index (κ1) is 8.31. The summed E-state index contributed by atoms with van der Waals surface area (Å²) in [6.07, 6.45) is 1.67. The van der Waals surface area contributed by atoms with Crippen molar-refractivity contribution in [2.45, 2.75) is 0 Å². The number of aryl methyl sites for hydroxylation is 1. The Hall–Kier alpha value is -1.29. The third kappa shape index (κ3) is 1.23. The van der Waals surface area contributed by atoms with E-state index in [1.165, 1.54) is 0 Å². The molecule has 0 aliphatic heterocycles. The second-order valence-corrected chi connectivity index (χ2v) is 3.01. The fourth-order valence-corrected chi connectivity index (χ4v) is 1.40. The molecule has 5 heteroatoms. The molecule has 0 atom stereocenters. The van der Waals surface area contributed by atoms with Gasteiger partial charge in [-0.05, 0) is 0 Å². The Kier molecular flexibility index (Phi) is 1.84. The van der Waals surface area contributed by atoms with Crippen molar-refractivity contribution in [3.63, 3.8) is 0 Å². The van der Waals surface area contributed by atoms with Gasteiger partial charge >= 0.3 is 0 Å². The van der Waals surface area contributed by atoms with Crippen LogP contribution in [0.25, 0.3) is 11.0 Å². The van der Waals surface area contributed by atoms with Gasteiger partial charge in [-0.3, -0.25) is 4.68 Å². The van der Waals surface area contributed by atoms with Crippen LogP contribution in [0.15, 0.2) is 12.3 Å². The summed E-state index contributed by atoms with van der Waals surface area (Å²) >= 11 is 5.84. The highest BCUT2D eigenvalue weighted by atomic mass is 35.5. The van der Waals surface area contributed by atoms with Crippen LogP contribution in [0, 0.1) is 0 Å². The van der Waals surface area contributed by atoms with Gasteiger partial charge in [0.1, 0.15) is 5.52 Å². The number of nitrogens with zero attached hydrogens (tertiary/aromatic N) is 3. The van der Waals surface area contributed by atoms with E-state index in [0.29, 0.717) is 10.9 Å². The lowest BCUT2D eigenvalue weighted by Gasteiger charge is -2.01. The summed E-state index contributed by atoms with van der Waals surface area (Å²) in [4.78, 5) is 4.12. The standard InChI is InChI=1S/C8H8ClN3O/c1-12-6-3-7(13-2)8(9)11-5(6)4-10-12/h3-4H,1-2H3. The Morgan fingerprint density at radius 1 is 1.54 bits per heavy atom. The molecule has 0 unspecified atom stereocenters. The van der Waals surface area contributed by atoms with Crippen LogP contribution in [-0.4, -0.2) is 21.9 Å². The van der Waals surface area contributed by atoms with Crippen molar-refractivity contribution >= 4 is 22.6 Å². The SMILES string of the molecule is COc1cc2c(cnn2C)nc1Cl. The summed E-state index contributed by atoms with van der Waals surface area (Å²) in [5.41, 5.74) is 1.68. The monoisotopic (exact) mass is 197 g/mol. The molecule has 4 nitrogen and oxygen atoms in total. The zero-order valence-electron chi connectivity index (χ0n) is 7.28. The Bertz CT molecular complexity index is 452. The highest BCUT2D eigenvalue weighted by Gasteiger charge is 2.07. The van der Waals surface area contributed by atoms with Gasteiger partial charge in [0.15, 0.2) is 10.9 Å². The largest absolute Gasteiger partial charge is 0.493 e. The number of rotatable bonds is 1. The maximum atomic E-state index is 5.84. The van der Waals surface area contributed by atoms with Gasteiger partial charge in [0, 0.05) is 13.1 Å². The van der Waals surface area contributed by atoms with Crippen LogP contribution in [0.5, 0.6) is 5.75 Å². The molecule has 0 spiro atoms. The quantitative estimate of drug-likeness (QED) is 0.653. The molecule has 2 rings (SSSR count). The molecule has 0 aliphatic carbocycles. The first-order valence-corrected chi connectivity index (χ1v) is 4.12. The molecule has 0 aliphatic rings. The van der Waals surface area contributed by atoms with Gasteiger partial charge < -0.3 is 4.74 Å². The minimum Gasteiger partial charge on any atom is -0.493 e. The van der Waals surface area contributed by atoms with E-state index < -0.39 is 0 Å². The predicted molar refractivity (Wildman–Crippen MR) is 50.1 cm³/mol. The molecule has 0 N–H and O–H groups in total. The van der Waals surface area contributed by atoms with E-state index in [0.717, 1.165) is 11.0 Å². The molecular formula is C8H8ClN3O. The molecule has 0 aromatic carbocycles. The maximum absolute atomic E-state index is 5.84. The number of methoxy groups -OCH3 is 1. The molecule has 0 bridgehead atoms. The van der Waals surface area contributed by atoms with Gasteiger partial charge in [0.05, 0.1) is 18.8 Å². The zero-order chi connectivity index (χ0) is 9.42. The first-order chi connectivity index (χ1) is 6.22. The summed E-state index contributed by atoms with van der Waals surface area (Å²) < 4.78 is 6.77. The Balaban J connectivity index is 2.77. The van der Waals surface area contributed by atoms with E-state index in [1.54, 1.807) is 18.0 Å². The second-order valence-electron chi connectivity index (χ2n) is 2.65. The van der Waals surface area contributed by atoms with E-state index in [2.05, 4.69) is 10.1 Å². The van der Waals surface area contributed by atoms with Crippen molar-refractivity contribution in [2.24, 2.45) is 7.05 Å². The van der Waals surface area contributed by atoms with Gasteiger partial charge in [-0.25, -0.2) is 4.98 Å².